The van der Waals surface area contributed by atoms with E-state index in [0.717, 1.165) is 0 Å². The average molecular weight is 145 g/mol. The molecule has 0 atom stereocenters. The Kier molecular flexibility index (Phi) is 24.7. The van der Waals surface area contributed by atoms with Gasteiger partial charge in [0.1, 0.15) is 0 Å². The van der Waals surface area contributed by atoms with Gasteiger partial charge in [0.25, 0.3) is 0 Å². The molecule has 0 spiro atoms. The largest absolute Gasteiger partial charge is 1.00 e. The molecule has 0 aliphatic carbocycles. The maximum atomic E-state index is 2.08. The average Bonchev–Trinajstić information content (AvgIpc) is 0.811. The third-order valence-electron chi connectivity index (χ3n) is 0. The van der Waals surface area contributed by atoms with Crippen LogP contribution in [0.25, 0.3) is 0 Å². The van der Waals surface area contributed by atoms with E-state index in [2.05, 4.69) is 20.8 Å². The summed E-state index contributed by atoms with van der Waals surface area (Å²) in [6.07, 6.45) is 0. The molecule has 0 saturated heterocycles. The zero-order valence-corrected chi connectivity index (χ0v) is 6.62. The summed E-state index contributed by atoms with van der Waals surface area (Å²) >= 11 is 0. The van der Waals surface area contributed by atoms with Crippen molar-refractivity contribution in [3.05, 3.63) is 5.92 Å². The van der Waals surface area contributed by atoms with E-state index < -0.39 is 0 Å². The van der Waals surface area contributed by atoms with E-state index in [9.17, 15) is 0 Å². The molecular formula is C4H10BrLi. The fourth-order valence-corrected chi connectivity index (χ4v) is 0. The van der Waals surface area contributed by atoms with Crippen molar-refractivity contribution in [2.24, 2.45) is 0 Å². The second-order valence-electron chi connectivity index (χ2n) is 1.50. The Morgan fingerprint density at radius 2 is 1.00 bits per heavy atom. The number of hydrogen-bond donors (Lipinski definition) is 0. The molecule has 0 nitrogen and oxygen atoms in total. The number of halogens is 1. The molecule has 0 amide bonds. The van der Waals surface area contributed by atoms with Crippen LogP contribution in [-0.2, 0) is 0 Å². The molecule has 0 aliphatic heterocycles. The molecule has 0 saturated carbocycles. The van der Waals surface area contributed by atoms with Crippen LogP contribution in [0.2, 0.25) is 0 Å². The molecule has 2 heteroatoms. The van der Waals surface area contributed by atoms with Crippen molar-refractivity contribution in [3.63, 3.8) is 0 Å². The molecule has 0 aromatic rings. The van der Waals surface area contributed by atoms with Crippen molar-refractivity contribution in [2.75, 3.05) is 0 Å². The first-order chi connectivity index (χ1) is 1.73. The molecule has 0 aliphatic rings. The maximum Gasteiger partial charge on any atom is 1.00 e. The van der Waals surface area contributed by atoms with Gasteiger partial charge in [-0.15, -0.1) is 17.0 Å². The summed E-state index contributed by atoms with van der Waals surface area (Å²) in [5.41, 5.74) is 0. The van der Waals surface area contributed by atoms with Gasteiger partial charge >= 0.3 is 18.9 Å². The summed E-state index contributed by atoms with van der Waals surface area (Å²) < 4.78 is 0. The van der Waals surface area contributed by atoms with Gasteiger partial charge in [0.05, 0.1) is 0 Å². The SMILES string of the molecule is Br.C[C-](C)C.[Li+]. The van der Waals surface area contributed by atoms with Gasteiger partial charge in [-0.25, -0.2) is 0 Å². The van der Waals surface area contributed by atoms with E-state index in [1.165, 1.54) is 5.92 Å². The summed E-state index contributed by atoms with van der Waals surface area (Å²) in [6, 6.07) is 0. The smallest absolute Gasteiger partial charge is 0.323 e. The standard InChI is InChI=1S/C4H9.BrH.Li/c1-4(2)3;;/h1-3H3;1H;/q-1;;+1. The predicted octanol–water partition coefficient (Wildman–Crippen LogP) is -0.798. The van der Waals surface area contributed by atoms with E-state index >= 15 is 0 Å². The molecular weight excluding hydrogens is 135 g/mol. The zero-order valence-electron chi connectivity index (χ0n) is 4.91. The van der Waals surface area contributed by atoms with Crippen LogP contribution < -0.4 is 18.9 Å². The molecule has 0 fully saturated rings. The van der Waals surface area contributed by atoms with E-state index in [1.54, 1.807) is 0 Å². The minimum Gasteiger partial charge on any atom is -0.323 e. The van der Waals surface area contributed by atoms with Crippen LogP contribution in [0.5, 0.6) is 0 Å². The van der Waals surface area contributed by atoms with Crippen LogP contribution in [0.1, 0.15) is 20.8 Å². The van der Waals surface area contributed by atoms with Crippen molar-refractivity contribution in [1.29, 1.82) is 0 Å². The van der Waals surface area contributed by atoms with Gasteiger partial charge in [-0.1, -0.05) is 0 Å². The fraction of sp³-hybridized carbons (Fsp3) is 0.750. The minimum atomic E-state index is 0. The quantitative estimate of drug-likeness (QED) is 0.309. The van der Waals surface area contributed by atoms with Crippen LogP contribution in [0.3, 0.4) is 0 Å². The summed E-state index contributed by atoms with van der Waals surface area (Å²) in [5, 5.41) is 0. The number of rotatable bonds is 0. The van der Waals surface area contributed by atoms with Crippen molar-refractivity contribution >= 4 is 17.0 Å². The molecule has 6 heavy (non-hydrogen) atoms. The first-order valence-corrected chi connectivity index (χ1v) is 1.50. The summed E-state index contributed by atoms with van der Waals surface area (Å²) in [7, 11) is 0. The van der Waals surface area contributed by atoms with E-state index in [-0.39, 0.29) is 35.8 Å². The van der Waals surface area contributed by atoms with Gasteiger partial charge in [-0.3, -0.25) is 0 Å². The Balaban J connectivity index is -0.0000000450. The van der Waals surface area contributed by atoms with Gasteiger partial charge < -0.3 is 5.92 Å². The minimum absolute atomic E-state index is 0. The molecule has 0 rings (SSSR count). The van der Waals surface area contributed by atoms with Gasteiger partial charge in [0, 0.05) is 0 Å². The maximum absolute atomic E-state index is 2.08. The molecule has 0 unspecified atom stereocenters. The van der Waals surface area contributed by atoms with Crippen molar-refractivity contribution < 1.29 is 18.9 Å². The van der Waals surface area contributed by atoms with Crippen LogP contribution in [0.15, 0.2) is 0 Å². The molecule has 0 heterocycles. The third-order valence-corrected chi connectivity index (χ3v) is 0. The van der Waals surface area contributed by atoms with Gasteiger partial charge in [0.2, 0.25) is 0 Å². The molecule has 0 N–H and O–H groups in total. The van der Waals surface area contributed by atoms with Gasteiger partial charge in [-0.05, 0) is 0 Å². The Labute approximate surface area is 62.6 Å². The van der Waals surface area contributed by atoms with Crippen molar-refractivity contribution in [1.82, 2.24) is 0 Å². The predicted molar refractivity (Wildman–Crippen MR) is 30.6 cm³/mol. The topological polar surface area (TPSA) is 0 Å². The second-order valence-corrected chi connectivity index (χ2v) is 1.50. The molecule has 0 aromatic carbocycles. The fourth-order valence-electron chi connectivity index (χ4n) is 0. The summed E-state index contributed by atoms with van der Waals surface area (Å²) in [6.45, 7) is 6.25. The van der Waals surface area contributed by atoms with Gasteiger partial charge in [0.15, 0.2) is 0 Å². The van der Waals surface area contributed by atoms with Crippen LogP contribution >= 0.6 is 17.0 Å². The Morgan fingerprint density at radius 1 is 1.00 bits per heavy atom. The van der Waals surface area contributed by atoms with Crippen molar-refractivity contribution in [2.45, 2.75) is 20.8 Å². The van der Waals surface area contributed by atoms with Crippen LogP contribution in [0, 0.1) is 5.92 Å². The van der Waals surface area contributed by atoms with E-state index in [0.29, 0.717) is 0 Å². The second kappa shape index (κ2) is 9.42. The third kappa shape index (κ3) is 72.7. The van der Waals surface area contributed by atoms with Crippen LogP contribution in [0.4, 0.5) is 0 Å². The summed E-state index contributed by atoms with van der Waals surface area (Å²) in [4.78, 5) is 0. The Bertz CT molecular complexity index is 12.3. The van der Waals surface area contributed by atoms with E-state index in [1.807, 2.05) is 0 Å². The molecule has 0 bridgehead atoms. The van der Waals surface area contributed by atoms with Gasteiger partial charge in [-0.2, -0.15) is 20.8 Å². The Hall–Kier alpha value is 1.08. The first kappa shape index (κ1) is 15.7. The molecule has 34 valence electrons. The molecule has 0 radical (unpaired) electrons. The van der Waals surface area contributed by atoms with Crippen molar-refractivity contribution in [3.8, 4) is 0 Å². The number of hydrogen-bond acceptors (Lipinski definition) is 0. The Morgan fingerprint density at radius 3 is 1.00 bits per heavy atom. The van der Waals surface area contributed by atoms with E-state index in [4.69, 9.17) is 0 Å². The molecule has 0 aromatic heterocycles. The van der Waals surface area contributed by atoms with Crippen LogP contribution in [-0.4, -0.2) is 0 Å². The summed E-state index contributed by atoms with van der Waals surface area (Å²) in [5.74, 6) is 1.42. The first-order valence-electron chi connectivity index (χ1n) is 1.50. The monoisotopic (exact) mass is 144 g/mol. The normalized spacial score (nSPS) is 6.00. The zero-order chi connectivity index (χ0) is 3.58.